The molecule has 3 rings (SSSR count). The van der Waals surface area contributed by atoms with Gasteiger partial charge in [0.15, 0.2) is 5.11 Å². The highest BCUT2D eigenvalue weighted by Crippen LogP contribution is 2.34. The van der Waals surface area contributed by atoms with Crippen LogP contribution in [0, 0.1) is 20.8 Å². The van der Waals surface area contributed by atoms with Crippen molar-refractivity contribution in [2.24, 2.45) is 0 Å². The zero-order valence-electron chi connectivity index (χ0n) is 18.1. The number of aromatic nitrogens is 2. The van der Waals surface area contributed by atoms with Gasteiger partial charge in [-0.2, -0.15) is 5.10 Å². The third kappa shape index (κ3) is 4.92. The van der Waals surface area contributed by atoms with Gasteiger partial charge < -0.3 is 15.4 Å². The summed E-state index contributed by atoms with van der Waals surface area (Å²) in [5, 5.41) is 12.8. The molecule has 2 heterocycles. The molecule has 0 aliphatic rings. The van der Waals surface area contributed by atoms with Gasteiger partial charge >= 0.3 is 5.97 Å². The van der Waals surface area contributed by atoms with Gasteiger partial charge in [-0.25, -0.2) is 4.79 Å². The largest absolute Gasteiger partial charge is 0.465 e. The molecule has 1 aromatic carbocycles. The van der Waals surface area contributed by atoms with E-state index in [1.54, 1.807) is 0 Å². The number of rotatable bonds is 6. The monoisotopic (exact) mass is 476 g/mol. The van der Waals surface area contributed by atoms with Crippen LogP contribution in [0.5, 0.6) is 0 Å². The Morgan fingerprint density at radius 2 is 1.97 bits per heavy atom. The van der Waals surface area contributed by atoms with Crippen LogP contribution in [-0.4, -0.2) is 28.0 Å². The average Bonchev–Trinajstić information content (AvgIpc) is 3.19. The predicted molar refractivity (Wildman–Crippen MR) is 132 cm³/mol. The second-order valence-electron chi connectivity index (χ2n) is 7.06. The van der Waals surface area contributed by atoms with Crippen LogP contribution in [0.25, 0.3) is 0 Å². The number of carbonyl (C=O) groups is 1. The highest BCUT2D eigenvalue weighted by molar-refractivity contribution is 7.80. The number of hydrogen-bond donors (Lipinski definition) is 2. The van der Waals surface area contributed by atoms with Crippen LogP contribution < -0.4 is 10.6 Å². The summed E-state index contributed by atoms with van der Waals surface area (Å²) in [6.45, 7) is 8.47. The van der Waals surface area contributed by atoms with E-state index in [0.717, 1.165) is 39.5 Å². The third-order valence-corrected chi connectivity index (χ3v) is 6.71. The average molecular weight is 477 g/mol. The van der Waals surface area contributed by atoms with E-state index in [4.69, 9.17) is 28.6 Å². The number of benzene rings is 1. The van der Waals surface area contributed by atoms with E-state index in [9.17, 15) is 4.79 Å². The first-order valence-corrected chi connectivity index (χ1v) is 11.4. The number of aryl methyl sites for hydroxylation is 2. The first-order valence-electron chi connectivity index (χ1n) is 9.82. The molecule has 0 amide bonds. The fourth-order valence-electron chi connectivity index (χ4n) is 3.48. The Bertz CT molecular complexity index is 1140. The second kappa shape index (κ2) is 9.80. The van der Waals surface area contributed by atoms with Gasteiger partial charge in [0.1, 0.15) is 5.00 Å². The molecule has 2 N–H and O–H groups in total. The van der Waals surface area contributed by atoms with E-state index in [0.29, 0.717) is 27.2 Å². The molecule has 0 atom stereocenters. The number of esters is 1. The van der Waals surface area contributed by atoms with Crippen molar-refractivity contribution < 1.29 is 9.53 Å². The highest BCUT2D eigenvalue weighted by atomic mass is 35.5. The number of thiophene rings is 1. The van der Waals surface area contributed by atoms with Gasteiger partial charge in [0.25, 0.3) is 0 Å². The first kappa shape index (κ1) is 23.2. The van der Waals surface area contributed by atoms with Crippen LogP contribution >= 0.6 is 35.2 Å². The molecule has 0 aliphatic heterocycles. The van der Waals surface area contributed by atoms with Crippen LogP contribution in [0.15, 0.2) is 24.3 Å². The van der Waals surface area contributed by atoms with Crippen LogP contribution in [-0.2, 0) is 17.7 Å². The molecule has 6 nitrogen and oxygen atoms in total. The summed E-state index contributed by atoms with van der Waals surface area (Å²) in [4.78, 5) is 13.4. The van der Waals surface area contributed by atoms with Gasteiger partial charge in [-0.1, -0.05) is 36.7 Å². The minimum absolute atomic E-state index is 0.369. The number of halogens is 1. The van der Waals surface area contributed by atoms with Crippen molar-refractivity contribution in [3.8, 4) is 0 Å². The number of nitrogens with one attached hydrogen (secondary N) is 2. The Kier molecular flexibility index (Phi) is 7.35. The van der Waals surface area contributed by atoms with Crippen molar-refractivity contribution in [3.63, 3.8) is 0 Å². The van der Waals surface area contributed by atoms with Gasteiger partial charge in [0, 0.05) is 9.90 Å². The summed E-state index contributed by atoms with van der Waals surface area (Å²) in [6, 6.07) is 7.71. The van der Waals surface area contributed by atoms with Crippen molar-refractivity contribution in [1.29, 1.82) is 0 Å². The summed E-state index contributed by atoms with van der Waals surface area (Å²) >= 11 is 13.3. The van der Waals surface area contributed by atoms with Crippen molar-refractivity contribution in [3.05, 3.63) is 62.2 Å². The number of hydrogen-bond acceptors (Lipinski definition) is 5. The lowest BCUT2D eigenvalue weighted by Gasteiger charge is -2.12. The lowest BCUT2D eigenvalue weighted by molar-refractivity contribution is 0.0601. The van der Waals surface area contributed by atoms with Crippen molar-refractivity contribution in [2.45, 2.75) is 40.7 Å². The van der Waals surface area contributed by atoms with Gasteiger partial charge in [-0.05, 0) is 56.6 Å². The minimum Gasteiger partial charge on any atom is -0.465 e. The van der Waals surface area contributed by atoms with Gasteiger partial charge in [-0.3, -0.25) is 4.68 Å². The number of methoxy groups -OCH3 is 1. The quantitative estimate of drug-likeness (QED) is 0.350. The molecule has 0 bridgehead atoms. The molecule has 9 heteroatoms. The summed E-state index contributed by atoms with van der Waals surface area (Å²) in [5.74, 6) is -0.369. The molecule has 0 saturated carbocycles. The van der Waals surface area contributed by atoms with E-state index in [1.165, 1.54) is 18.4 Å². The topological polar surface area (TPSA) is 68.2 Å². The number of thiocarbonyl (C=S) groups is 1. The van der Waals surface area contributed by atoms with Gasteiger partial charge in [0.05, 0.1) is 36.3 Å². The van der Waals surface area contributed by atoms with E-state index < -0.39 is 0 Å². The predicted octanol–water partition coefficient (Wildman–Crippen LogP) is 5.73. The van der Waals surface area contributed by atoms with Crippen molar-refractivity contribution >= 4 is 56.9 Å². The van der Waals surface area contributed by atoms with Crippen LogP contribution in [0.3, 0.4) is 0 Å². The Hall–Kier alpha value is -2.42. The van der Waals surface area contributed by atoms with Gasteiger partial charge in [-0.15, -0.1) is 11.3 Å². The Morgan fingerprint density at radius 1 is 1.26 bits per heavy atom. The SMILES string of the molecule is CCc1c(C)sc(NC(=S)Nc2c(C)nn(Cc3ccccc3Cl)c2C)c1C(=O)OC. The molecular formula is C22H25ClN4O2S2. The smallest absolute Gasteiger partial charge is 0.341 e. The fraction of sp³-hybridized carbons (Fsp3) is 0.318. The summed E-state index contributed by atoms with van der Waals surface area (Å²) in [5.41, 5.74) is 5.09. The first-order chi connectivity index (χ1) is 14.8. The van der Waals surface area contributed by atoms with Crippen LogP contribution in [0.1, 0.15) is 44.7 Å². The Labute approximate surface area is 196 Å². The van der Waals surface area contributed by atoms with Crippen LogP contribution in [0.4, 0.5) is 10.7 Å². The Morgan fingerprint density at radius 3 is 2.61 bits per heavy atom. The maximum atomic E-state index is 12.3. The van der Waals surface area contributed by atoms with Crippen molar-refractivity contribution in [1.82, 2.24) is 9.78 Å². The Balaban J connectivity index is 1.81. The third-order valence-electron chi connectivity index (χ3n) is 5.08. The normalized spacial score (nSPS) is 10.8. The molecule has 0 aliphatic carbocycles. The van der Waals surface area contributed by atoms with E-state index in [1.807, 2.05) is 56.6 Å². The maximum absolute atomic E-state index is 12.3. The molecule has 3 aromatic rings. The molecular weight excluding hydrogens is 452 g/mol. The summed E-state index contributed by atoms with van der Waals surface area (Å²) < 4.78 is 6.88. The molecule has 31 heavy (non-hydrogen) atoms. The fourth-order valence-corrected chi connectivity index (χ4v) is 5.08. The van der Waals surface area contributed by atoms with E-state index in [2.05, 4.69) is 15.7 Å². The summed E-state index contributed by atoms with van der Waals surface area (Å²) in [6.07, 6.45) is 0.738. The summed E-state index contributed by atoms with van der Waals surface area (Å²) in [7, 11) is 1.38. The second-order valence-corrected chi connectivity index (χ2v) is 9.10. The number of ether oxygens (including phenoxy) is 1. The molecule has 0 saturated heterocycles. The van der Waals surface area contributed by atoms with E-state index >= 15 is 0 Å². The molecule has 0 spiro atoms. The number of anilines is 2. The lowest BCUT2D eigenvalue weighted by Crippen LogP contribution is -2.21. The van der Waals surface area contributed by atoms with Crippen molar-refractivity contribution in [2.75, 3.05) is 17.7 Å². The zero-order chi connectivity index (χ0) is 22.7. The lowest BCUT2D eigenvalue weighted by atomic mass is 10.1. The van der Waals surface area contributed by atoms with Crippen LogP contribution in [0.2, 0.25) is 5.02 Å². The van der Waals surface area contributed by atoms with E-state index in [-0.39, 0.29) is 5.97 Å². The molecule has 0 radical (unpaired) electrons. The molecule has 0 unspecified atom stereocenters. The molecule has 0 fully saturated rings. The zero-order valence-corrected chi connectivity index (χ0v) is 20.5. The standard InChI is InChI=1S/C22H25ClN4O2S2/c1-6-16-14(4)31-20(18(16)21(28)29-5)25-22(30)24-19-12(2)26-27(13(19)3)11-15-9-7-8-10-17(15)23/h7-10H,6,11H2,1-5H3,(H2,24,25,30). The highest BCUT2D eigenvalue weighted by Gasteiger charge is 2.23. The minimum atomic E-state index is -0.369. The number of nitrogens with zero attached hydrogens (tertiary/aromatic N) is 2. The molecule has 2 aromatic heterocycles. The number of carbonyl (C=O) groups excluding carboxylic acids is 1. The maximum Gasteiger partial charge on any atom is 0.341 e. The van der Waals surface area contributed by atoms with Gasteiger partial charge in [0.2, 0.25) is 0 Å². The molecule has 164 valence electrons.